The molecule has 1 heterocycles. The molecule has 1 atom stereocenters. The van der Waals surface area contributed by atoms with E-state index in [9.17, 15) is 8.78 Å². The SMILES string of the molecule is FC(F)Oc1c(Cl)cc(NC2CCN(Cc3ccccc3)C2)cc1Cl. The second kappa shape index (κ2) is 8.21. The molecule has 1 fully saturated rings. The monoisotopic (exact) mass is 386 g/mol. The summed E-state index contributed by atoms with van der Waals surface area (Å²) in [5.74, 6) is -0.194. The zero-order chi connectivity index (χ0) is 17.8. The van der Waals surface area contributed by atoms with Gasteiger partial charge in [0.2, 0.25) is 0 Å². The molecule has 1 aliphatic rings. The van der Waals surface area contributed by atoms with E-state index in [0.717, 1.165) is 26.1 Å². The first-order valence-corrected chi connectivity index (χ1v) is 8.73. The smallest absolute Gasteiger partial charge is 0.387 e. The summed E-state index contributed by atoms with van der Waals surface area (Å²) in [5, 5.41) is 3.49. The second-order valence-electron chi connectivity index (χ2n) is 6.00. The fourth-order valence-electron chi connectivity index (χ4n) is 3.02. The van der Waals surface area contributed by atoms with Gasteiger partial charge in [0.1, 0.15) is 0 Å². The minimum atomic E-state index is -2.96. The van der Waals surface area contributed by atoms with Crippen LogP contribution in [-0.4, -0.2) is 30.6 Å². The fourth-order valence-corrected chi connectivity index (χ4v) is 3.59. The van der Waals surface area contributed by atoms with Gasteiger partial charge in [-0.3, -0.25) is 4.90 Å². The summed E-state index contributed by atoms with van der Waals surface area (Å²) in [6.07, 6.45) is 0.983. The van der Waals surface area contributed by atoms with Crippen LogP contribution in [0.1, 0.15) is 12.0 Å². The molecule has 1 aliphatic heterocycles. The molecule has 1 N–H and O–H groups in total. The highest BCUT2D eigenvalue weighted by atomic mass is 35.5. The molecule has 0 amide bonds. The number of anilines is 1. The number of rotatable bonds is 6. The average Bonchev–Trinajstić information content (AvgIpc) is 2.99. The van der Waals surface area contributed by atoms with Gasteiger partial charge in [0, 0.05) is 31.4 Å². The molecule has 7 heteroatoms. The van der Waals surface area contributed by atoms with Gasteiger partial charge in [0.15, 0.2) is 5.75 Å². The first kappa shape index (κ1) is 18.2. The number of likely N-dealkylation sites (tertiary alicyclic amines) is 1. The number of nitrogens with zero attached hydrogens (tertiary/aromatic N) is 1. The van der Waals surface area contributed by atoms with Gasteiger partial charge in [-0.1, -0.05) is 53.5 Å². The Morgan fingerprint density at radius 3 is 2.48 bits per heavy atom. The topological polar surface area (TPSA) is 24.5 Å². The Balaban J connectivity index is 1.60. The van der Waals surface area contributed by atoms with Crippen molar-refractivity contribution in [3.05, 3.63) is 58.1 Å². The van der Waals surface area contributed by atoms with Crippen LogP contribution in [0.15, 0.2) is 42.5 Å². The molecule has 134 valence electrons. The molecule has 3 rings (SSSR count). The lowest BCUT2D eigenvalue weighted by Gasteiger charge is -2.18. The van der Waals surface area contributed by atoms with Crippen LogP contribution in [0.3, 0.4) is 0 Å². The van der Waals surface area contributed by atoms with Crippen LogP contribution in [0.4, 0.5) is 14.5 Å². The number of benzene rings is 2. The third-order valence-electron chi connectivity index (χ3n) is 4.10. The molecule has 0 spiro atoms. The van der Waals surface area contributed by atoms with Gasteiger partial charge >= 0.3 is 6.61 Å². The predicted molar refractivity (Wildman–Crippen MR) is 96.8 cm³/mol. The van der Waals surface area contributed by atoms with Crippen molar-refractivity contribution in [3.8, 4) is 5.75 Å². The highest BCUT2D eigenvalue weighted by Crippen LogP contribution is 2.37. The molecular formula is C18H18Cl2F2N2O. The van der Waals surface area contributed by atoms with Gasteiger partial charge in [-0.05, 0) is 24.1 Å². The maximum absolute atomic E-state index is 12.4. The van der Waals surface area contributed by atoms with E-state index < -0.39 is 6.61 Å². The minimum Gasteiger partial charge on any atom is -0.432 e. The Labute approximate surface area is 155 Å². The van der Waals surface area contributed by atoms with Crippen LogP contribution in [0, 0.1) is 0 Å². The Morgan fingerprint density at radius 1 is 1.16 bits per heavy atom. The molecule has 25 heavy (non-hydrogen) atoms. The molecule has 0 saturated carbocycles. The van der Waals surface area contributed by atoms with Crippen molar-refractivity contribution < 1.29 is 13.5 Å². The van der Waals surface area contributed by atoms with Crippen molar-refractivity contribution in [1.82, 2.24) is 4.90 Å². The number of ether oxygens (including phenoxy) is 1. The largest absolute Gasteiger partial charge is 0.432 e. The normalized spacial score (nSPS) is 17.9. The first-order chi connectivity index (χ1) is 12.0. The van der Waals surface area contributed by atoms with Gasteiger partial charge in [-0.15, -0.1) is 0 Å². The third kappa shape index (κ3) is 4.97. The number of nitrogens with one attached hydrogen (secondary N) is 1. The van der Waals surface area contributed by atoms with Crippen LogP contribution in [0.25, 0.3) is 0 Å². The summed E-state index contributed by atoms with van der Waals surface area (Å²) >= 11 is 12.0. The summed E-state index contributed by atoms with van der Waals surface area (Å²) in [7, 11) is 0. The Morgan fingerprint density at radius 2 is 1.84 bits per heavy atom. The van der Waals surface area contributed by atoms with Crippen LogP contribution in [0.5, 0.6) is 5.75 Å². The van der Waals surface area contributed by atoms with Crippen LogP contribution >= 0.6 is 23.2 Å². The highest BCUT2D eigenvalue weighted by Gasteiger charge is 2.23. The van der Waals surface area contributed by atoms with Crippen LogP contribution < -0.4 is 10.1 Å². The standard InChI is InChI=1S/C18H18Cl2F2N2O/c19-15-8-14(9-16(20)17(15)25-18(21)22)23-13-6-7-24(11-13)10-12-4-2-1-3-5-12/h1-5,8-9,13,18,23H,6-7,10-11H2. The second-order valence-corrected chi connectivity index (χ2v) is 6.81. The Hall–Kier alpha value is -1.56. The van der Waals surface area contributed by atoms with Crippen molar-refractivity contribution in [2.45, 2.75) is 25.6 Å². The molecule has 0 aromatic heterocycles. The molecule has 0 bridgehead atoms. The first-order valence-electron chi connectivity index (χ1n) is 7.98. The number of hydrogen-bond donors (Lipinski definition) is 1. The zero-order valence-corrected chi connectivity index (χ0v) is 14.9. The van der Waals surface area contributed by atoms with E-state index in [1.807, 2.05) is 18.2 Å². The molecule has 0 radical (unpaired) electrons. The minimum absolute atomic E-state index is 0.0643. The van der Waals surface area contributed by atoms with E-state index in [1.165, 1.54) is 5.56 Å². The lowest BCUT2D eigenvalue weighted by Crippen LogP contribution is -2.26. The van der Waals surface area contributed by atoms with Crippen molar-refractivity contribution in [1.29, 1.82) is 0 Å². The molecular weight excluding hydrogens is 369 g/mol. The molecule has 1 unspecified atom stereocenters. The quantitative estimate of drug-likeness (QED) is 0.730. The van der Waals surface area contributed by atoms with Crippen molar-refractivity contribution in [3.63, 3.8) is 0 Å². The van der Waals surface area contributed by atoms with E-state index in [-0.39, 0.29) is 21.8 Å². The van der Waals surface area contributed by atoms with Crippen molar-refractivity contribution in [2.24, 2.45) is 0 Å². The number of halogens is 4. The summed E-state index contributed by atoms with van der Waals surface area (Å²) in [5.41, 5.74) is 1.98. The zero-order valence-electron chi connectivity index (χ0n) is 13.4. The van der Waals surface area contributed by atoms with Crippen molar-refractivity contribution >= 4 is 28.9 Å². The van der Waals surface area contributed by atoms with Gasteiger partial charge in [-0.25, -0.2) is 0 Å². The van der Waals surface area contributed by atoms with E-state index in [4.69, 9.17) is 23.2 Å². The van der Waals surface area contributed by atoms with Crippen molar-refractivity contribution in [2.75, 3.05) is 18.4 Å². The molecule has 1 saturated heterocycles. The van der Waals surface area contributed by atoms with E-state index in [2.05, 4.69) is 27.1 Å². The predicted octanol–water partition coefficient (Wildman–Crippen LogP) is 5.28. The number of alkyl halides is 2. The van der Waals surface area contributed by atoms with E-state index in [1.54, 1.807) is 12.1 Å². The maximum Gasteiger partial charge on any atom is 0.387 e. The number of hydrogen-bond acceptors (Lipinski definition) is 3. The summed E-state index contributed by atoms with van der Waals surface area (Å²) in [6.45, 7) is -0.183. The molecule has 2 aromatic carbocycles. The van der Waals surface area contributed by atoms with Gasteiger partial charge in [0.25, 0.3) is 0 Å². The Kier molecular flexibility index (Phi) is 5.99. The lowest BCUT2D eigenvalue weighted by molar-refractivity contribution is -0.0497. The van der Waals surface area contributed by atoms with Gasteiger partial charge in [0.05, 0.1) is 10.0 Å². The van der Waals surface area contributed by atoms with Crippen LogP contribution in [0.2, 0.25) is 10.0 Å². The van der Waals surface area contributed by atoms with Gasteiger partial charge in [-0.2, -0.15) is 8.78 Å². The molecule has 3 nitrogen and oxygen atoms in total. The summed E-state index contributed by atoms with van der Waals surface area (Å²) in [4.78, 5) is 2.37. The summed E-state index contributed by atoms with van der Waals surface area (Å²) in [6, 6.07) is 13.7. The molecule has 0 aliphatic carbocycles. The lowest BCUT2D eigenvalue weighted by atomic mass is 10.2. The highest BCUT2D eigenvalue weighted by molar-refractivity contribution is 6.37. The van der Waals surface area contributed by atoms with E-state index >= 15 is 0 Å². The third-order valence-corrected chi connectivity index (χ3v) is 4.66. The maximum atomic E-state index is 12.4. The summed E-state index contributed by atoms with van der Waals surface area (Å²) < 4.78 is 29.1. The van der Waals surface area contributed by atoms with E-state index in [0.29, 0.717) is 5.69 Å². The molecule has 2 aromatic rings. The fraction of sp³-hybridized carbons (Fsp3) is 0.333. The Bertz CT molecular complexity index is 692. The van der Waals surface area contributed by atoms with Gasteiger partial charge < -0.3 is 10.1 Å². The van der Waals surface area contributed by atoms with Crippen LogP contribution in [-0.2, 0) is 6.54 Å². The average molecular weight is 387 g/mol.